The molecular formula is C25H31FN4O. The first-order valence-corrected chi connectivity index (χ1v) is 11.1. The smallest absolute Gasteiger partial charge is 0.256 e. The number of carbonyl (C=O) groups excluding carboxylic acids is 1. The summed E-state index contributed by atoms with van der Waals surface area (Å²) in [4.78, 5) is 24.1. The number of aliphatic imine (C=N–C) groups is 1. The average molecular weight is 423 g/mol. The van der Waals surface area contributed by atoms with Gasteiger partial charge in [0.25, 0.3) is 5.91 Å². The van der Waals surface area contributed by atoms with Crippen LogP contribution in [0.1, 0.15) is 48.7 Å². The quantitative estimate of drug-likeness (QED) is 0.726. The molecule has 0 unspecified atom stereocenters. The molecule has 1 amide bonds. The molecule has 4 rings (SSSR count). The molecule has 0 aromatic heterocycles. The maximum absolute atomic E-state index is 14.7. The number of benzene rings is 2. The van der Waals surface area contributed by atoms with E-state index in [1.165, 1.54) is 6.07 Å². The fraction of sp³-hybridized carbons (Fsp3) is 0.440. The van der Waals surface area contributed by atoms with Gasteiger partial charge in [-0.3, -0.25) is 14.7 Å². The second kappa shape index (κ2) is 9.18. The number of piperazine rings is 1. The van der Waals surface area contributed by atoms with Crippen molar-refractivity contribution >= 4 is 17.8 Å². The van der Waals surface area contributed by atoms with Crippen molar-refractivity contribution in [3.63, 3.8) is 0 Å². The second-order valence-corrected chi connectivity index (χ2v) is 8.67. The molecule has 5 nitrogen and oxygen atoms in total. The molecule has 2 aromatic rings. The van der Waals surface area contributed by atoms with Crippen molar-refractivity contribution in [2.75, 3.05) is 31.2 Å². The Morgan fingerprint density at radius 2 is 2.00 bits per heavy atom. The molecule has 0 bridgehead atoms. The van der Waals surface area contributed by atoms with Crippen molar-refractivity contribution in [1.82, 2.24) is 9.80 Å². The highest BCUT2D eigenvalue weighted by atomic mass is 19.1. The zero-order valence-corrected chi connectivity index (χ0v) is 18.6. The minimum absolute atomic E-state index is 0.166. The molecule has 0 saturated carbocycles. The molecule has 2 aliphatic heterocycles. The summed E-state index contributed by atoms with van der Waals surface area (Å²) in [6.07, 6.45) is 2.85. The number of para-hydroxylation sites is 1. The van der Waals surface area contributed by atoms with Gasteiger partial charge in [0, 0.05) is 55.7 Å². The number of anilines is 1. The molecule has 0 aliphatic carbocycles. The third-order valence-electron chi connectivity index (χ3n) is 6.34. The highest BCUT2D eigenvalue weighted by molar-refractivity contribution is 5.95. The van der Waals surface area contributed by atoms with Gasteiger partial charge in [-0.25, -0.2) is 4.39 Å². The first kappa shape index (κ1) is 21.5. The van der Waals surface area contributed by atoms with Gasteiger partial charge >= 0.3 is 0 Å². The van der Waals surface area contributed by atoms with Gasteiger partial charge < -0.3 is 9.80 Å². The summed E-state index contributed by atoms with van der Waals surface area (Å²) in [6.45, 7) is 9.75. The third kappa shape index (κ3) is 4.49. The summed E-state index contributed by atoms with van der Waals surface area (Å²) in [5.41, 5.74) is 3.25. The van der Waals surface area contributed by atoms with Crippen molar-refractivity contribution in [1.29, 1.82) is 0 Å². The largest absolute Gasteiger partial charge is 0.347 e. The molecule has 0 N–H and O–H groups in total. The van der Waals surface area contributed by atoms with E-state index in [9.17, 15) is 9.18 Å². The summed E-state index contributed by atoms with van der Waals surface area (Å²) in [5, 5.41) is 0. The number of fused-ring (bicyclic) bond motifs is 1. The van der Waals surface area contributed by atoms with Crippen LogP contribution in [0.25, 0.3) is 0 Å². The number of amides is 1. The third-order valence-corrected chi connectivity index (χ3v) is 6.34. The van der Waals surface area contributed by atoms with Gasteiger partial charge in [-0.15, -0.1) is 0 Å². The van der Waals surface area contributed by atoms with Crippen LogP contribution >= 0.6 is 0 Å². The number of nitrogens with zero attached hydrogens (tertiary/aromatic N) is 4. The molecule has 1 atom stereocenters. The molecule has 0 spiro atoms. The monoisotopic (exact) mass is 422 g/mol. The normalized spacial score (nSPS) is 19.1. The van der Waals surface area contributed by atoms with Crippen LogP contribution in [0.5, 0.6) is 0 Å². The van der Waals surface area contributed by atoms with Gasteiger partial charge in [-0.2, -0.15) is 0 Å². The van der Waals surface area contributed by atoms with Crippen LogP contribution in [-0.2, 0) is 6.54 Å². The van der Waals surface area contributed by atoms with Crippen LogP contribution in [0.4, 0.5) is 10.1 Å². The Morgan fingerprint density at radius 3 is 2.77 bits per heavy atom. The SMILES string of the molecule is CC[C@H]1CN(C(=O)c2cc(CN3CN=Cc4ccccc43)ccc2F)CCN1C(C)C. The van der Waals surface area contributed by atoms with Gasteiger partial charge in [0.1, 0.15) is 12.5 Å². The number of rotatable bonds is 5. The number of hydrogen-bond acceptors (Lipinski definition) is 4. The summed E-state index contributed by atoms with van der Waals surface area (Å²) >= 11 is 0. The van der Waals surface area contributed by atoms with Crippen LogP contribution in [0.2, 0.25) is 0 Å². The van der Waals surface area contributed by atoms with Crippen molar-refractivity contribution in [2.45, 2.75) is 45.8 Å². The van der Waals surface area contributed by atoms with Crippen molar-refractivity contribution in [2.24, 2.45) is 4.99 Å². The molecule has 2 aromatic carbocycles. The molecule has 1 saturated heterocycles. The number of carbonyl (C=O) groups is 1. The Labute approximate surface area is 184 Å². The Hall–Kier alpha value is -2.73. The van der Waals surface area contributed by atoms with Crippen molar-refractivity contribution < 1.29 is 9.18 Å². The van der Waals surface area contributed by atoms with Crippen molar-refractivity contribution in [3.05, 3.63) is 65.0 Å². The van der Waals surface area contributed by atoms with Crippen LogP contribution in [0.15, 0.2) is 47.5 Å². The van der Waals surface area contributed by atoms with E-state index >= 15 is 0 Å². The Bertz CT molecular complexity index is 974. The summed E-state index contributed by atoms with van der Waals surface area (Å²) in [6, 6.07) is 13.7. The van der Waals surface area contributed by atoms with Gasteiger partial charge in [0.05, 0.1) is 5.56 Å². The predicted molar refractivity (Wildman–Crippen MR) is 123 cm³/mol. The molecule has 6 heteroatoms. The zero-order chi connectivity index (χ0) is 22.0. The summed E-state index contributed by atoms with van der Waals surface area (Å²) < 4.78 is 14.7. The Morgan fingerprint density at radius 1 is 1.19 bits per heavy atom. The lowest BCUT2D eigenvalue weighted by Crippen LogP contribution is -2.56. The van der Waals surface area contributed by atoms with E-state index in [4.69, 9.17) is 0 Å². The first-order valence-electron chi connectivity index (χ1n) is 11.1. The van der Waals surface area contributed by atoms with Crippen LogP contribution in [-0.4, -0.2) is 60.3 Å². The zero-order valence-electron chi connectivity index (χ0n) is 18.6. The van der Waals surface area contributed by atoms with E-state index in [2.05, 4.69) is 41.6 Å². The lowest BCUT2D eigenvalue weighted by molar-refractivity contribution is 0.0368. The highest BCUT2D eigenvalue weighted by Crippen LogP contribution is 2.25. The second-order valence-electron chi connectivity index (χ2n) is 8.67. The number of hydrogen-bond donors (Lipinski definition) is 0. The van der Waals surface area contributed by atoms with Crippen LogP contribution in [0.3, 0.4) is 0 Å². The molecule has 1 fully saturated rings. The molecule has 0 radical (unpaired) electrons. The maximum atomic E-state index is 14.7. The van der Waals surface area contributed by atoms with Crippen LogP contribution < -0.4 is 4.90 Å². The molecule has 2 aliphatic rings. The molecular weight excluding hydrogens is 391 g/mol. The molecule has 164 valence electrons. The van der Waals surface area contributed by atoms with E-state index in [1.807, 2.05) is 29.3 Å². The van der Waals surface area contributed by atoms with E-state index in [1.54, 1.807) is 12.1 Å². The summed E-state index contributed by atoms with van der Waals surface area (Å²) in [7, 11) is 0. The topological polar surface area (TPSA) is 39.2 Å². The Kier molecular flexibility index (Phi) is 6.37. The lowest BCUT2D eigenvalue weighted by atomic mass is 10.0. The standard InChI is InChI=1S/C25H31FN4O/c1-4-21-16-28(11-12-30(21)18(2)3)25(31)22-13-19(9-10-23(22)26)15-29-17-27-14-20-7-5-6-8-24(20)29/h5-10,13-14,18,21H,4,11-12,15-17H2,1-3H3/t21-/m0/s1. The van der Waals surface area contributed by atoms with Crippen LogP contribution in [0, 0.1) is 5.82 Å². The van der Waals surface area contributed by atoms with Gasteiger partial charge in [0.2, 0.25) is 0 Å². The first-order chi connectivity index (χ1) is 15.0. The van der Waals surface area contributed by atoms with E-state index in [0.29, 0.717) is 38.4 Å². The predicted octanol–water partition coefficient (Wildman–Crippen LogP) is 4.17. The van der Waals surface area contributed by atoms with Crippen molar-refractivity contribution in [3.8, 4) is 0 Å². The minimum atomic E-state index is -0.454. The number of halogens is 1. The van der Waals surface area contributed by atoms with Gasteiger partial charge in [-0.1, -0.05) is 31.2 Å². The van der Waals surface area contributed by atoms with E-state index in [-0.39, 0.29) is 11.5 Å². The van der Waals surface area contributed by atoms with E-state index in [0.717, 1.165) is 29.8 Å². The lowest BCUT2D eigenvalue weighted by Gasteiger charge is -2.43. The fourth-order valence-corrected chi connectivity index (χ4v) is 4.66. The molecule has 2 heterocycles. The highest BCUT2D eigenvalue weighted by Gasteiger charge is 2.31. The van der Waals surface area contributed by atoms with E-state index < -0.39 is 5.82 Å². The summed E-state index contributed by atoms with van der Waals surface area (Å²) in [5.74, 6) is -0.663. The van der Waals surface area contributed by atoms with Gasteiger partial charge in [0.15, 0.2) is 0 Å². The Balaban J connectivity index is 1.52. The fourth-order valence-electron chi connectivity index (χ4n) is 4.66. The minimum Gasteiger partial charge on any atom is -0.347 e. The average Bonchev–Trinajstić information content (AvgIpc) is 2.79. The van der Waals surface area contributed by atoms with Gasteiger partial charge in [-0.05, 0) is 44.0 Å². The maximum Gasteiger partial charge on any atom is 0.256 e. The molecule has 31 heavy (non-hydrogen) atoms.